The number of hydrogen-bond acceptors (Lipinski definition) is 2. The van der Waals surface area contributed by atoms with Gasteiger partial charge in [0, 0.05) is 22.2 Å². The van der Waals surface area contributed by atoms with Crippen LogP contribution < -0.4 is 4.90 Å². The molecule has 1 heterocycles. The van der Waals surface area contributed by atoms with Crippen LogP contribution in [0.5, 0.6) is 0 Å². The van der Waals surface area contributed by atoms with Gasteiger partial charge in [0.25, 0.3) is 0 Å². The van der Waals surface area contributed by atoms with Crippen molar-refractivity contribution in [1.29, 1.82) is 0 Å². The van der Waals surface area contributed by atoms with Crippen molar-refractivity contribution >= 4 is 39.0 Å². The zero-order chi connectivity index (χ0) is 33.2. The van der Waals surface area contributed by atoms with Crippen molar-refractivity contribution < 1.29 is 4.42 Å². The van der Waals surface area contributed by atoms with Crippen molar-refractivity contribution in [2.75, 3.05) is 4.90 Å². The van der Waals surface area contributed by atoms with Gasteiger partial charge in [-0.25, -0.2) is 0 Å². The molecule has 2 heteroatoms. The predicted octanol–water partition coefficient (Wildman–Crippen LogP) is 13.1. The molecule has 4 bridgehead atoms. The lowest BCUT2D eigenvalue weighted by Crippen LogP contribution is -2.31. The van der Waals surface area contributed by atoms with Crippen LogP contribution in [0, 0.1) is 17.8 Å². The summed E-state index contributed by atoms with van der Waals surface area (Å²) < 4.78 is 6.79. The van der Waals surface area contributed by atoms with E-state index in [-0.39, 0.29) is 5.41 Å². The van der Waals surface area contributed by atoms with Crippen LogP contribution in [0.4, 0.5) is 17.1 Å². The van der Waals surface area contributed by atoms with Crippen LogP contribution in [-0.4, -0.2) is 0 Å². The molecule has 2 atom stereocenters. The third kappa shape index (κ3) is 4.02. The Balaban J connectivity index is 1.08. The van der Waals surface area contributed by atoms with Crippen molar-refractivity contribution in [2.24, 2.45) is 17.8 Å². The highest BCUT2D eigenvalue weighted by Crippen LogP contribution is 2.65. The summed E-state index contributed by atoms with van der Waals surface area (Å²) in [6.45, 7) is 4.73. The van der Waals surface area contributed by atoms with Gasteiger partial charge in [-0.2, -0.15) is 0 Å². The molecule has 0 amide bonds. The maximum Gasteiger partial charge on any atom is 0.137 e. The first-order valence-electron chi connectivity index (χ1n) is 18.6. The summed E-state index contributed by atoms with van der Waals surface area (Å²) in [6.07, 6.45) is 7.04. The molecule has 0 N–H and O–H groups in total. The van der Waals surface area contributed by atoms with Crippen LogP contribution in [0.2, 0.25) is 0 Å². The standard InChI is InChI=1S/C48H41NO/c1-47(2)41-12-7-6-11-38(41)39-22-20-37(26-42(39)47)49(36-18-15-32(16-19-36)31-9-4-3-5-10-31)43-13-8-14-44-46(43)40-21-17-35(25-45(40)50-44)48-27-30-23-33(28-48)34(24-30)29-48/h3-22,25-26,30,33-34H,23-24,27-29H2,1-2H3. The molecule has 7 aromatic rings. The van der Waals surface area contributed by atoms with Crippen LogP contribution in [0.1, 0.15) is 62.6 Å². The van der Waals surface area contributed by atoms with Crippen LogP contribution >= 0.6 is 0 Å². The Morgan fingerprint density at radius 1 is 0.580 bits per heavy atom. The SMILES string of the molecule is CC1(C)c2ccccc2-c2ccc(N(c3ccc(-c4ccccc4)cc3)c3cccc4oc5cc(C67CC8CC(C6)C(C8)C7)ccc5c34)cc21. The summed E-state index contributed by atoms with van der Waals surface area (Å²) >= 11 is 0. The normalized spacial score (nSPS) is 23.8. The van der Waals surface area contributed by atoms with E-state index >= 15 is 0 Å². The number of furan rings is 1. The summed E-state index contributed by atoms with van der Waals surface area (Å²) in [7, 11) is 0. The highest BCUT2D eigenvalue weighted by Gasteiger charge is 2.56. The van der Waals surface area contributed by atoms with Gasteiger partial charge >= 0.3 is 0 Å². The van der Waals surface area contributed by atoms with Gasteiger partial charge in [0.15, 0.2) is 0 Å². The Kier molecular flexibility index (Phi) is 5.88. The van der Waals surface area contributed by atoms with E-state index in [0.717, 1.165) is 46.0 Å². The number of rotatable bonds is 5. The minimum absolute atomic E-state index is 0.0894. The molecular formula is C48H41NO. The minimum atomic E-state index is -0.0894. The summed E-state index contributed by atoms with van der Waals surface area (Å²) in [5.41, 5.74) is 15.1. The van der Waals surface area contributed by atoms with Gasteiger partial charge in [0.2, 0.25) is 0 Å². The molecule has 12 rings (SSSR count). The highest BCUT2D eigenvalue weighted by atomic mass is 16.3. The van der Waals surface area contributed by atoms with Crippen LogP contribution in [0.15, 0.2) is 138 Å². The predicted molar refractivity (Wildman–Crippen MR) is 207 cm³/mol. The summed E-state index contributed by atoms with van der Waals surface area (Å²) in [4.78, 5) is 2.45. The van der Waals surface area contributed by atoms with E-state index in [1.165, 1.54) is 81.8 Å². The second-order valence-electron chi connectivity index (χ2n) is 16.4. The minimum Gasteiger partial charge on any atom is -0.456 e. The molecule has 4 fully saturated rings. The largest absolute Gasteiger partial charge is 0.456 e. The van der Waals surface area contributed by atoms with E-state index in [9.17, 15) is 0 Å². The summed E-state index contributed by atoms with van der Waals surface area (Å²) in [6, 6.07) is 49.6. The quantitative estimate of drug-likeness (QED) is 0.185. The molecule has 244 valence electrons. The summed E-state index contributed by atoms with van der Waals surface area (Å²) in [5, 5.41) is 2.38. The molecule has 4 saturated carbocycles. The number of fused-ring (bicyclic) bond motifs is 6. The molecule has 1 aromatic heterocycles. The first-order valence-corrected chi connectivity index (χ1v) is 18.6. The van der Waals surface area contributed by atoms with Gasteiger partial charge in [-0.15, -0.1) is 0 Å². The number of nitrogens with zero attached hydrogens (tertiary/aromatic N) is 1. The fraction of sp³-hybridized carbons (Fsp3) is 0.250. The van der Waals surface area contributed by atoms with E-state index in [1.807, 2.05) is 0 Å². The first kappa shape index (κ1) is 28.7. The van der Waals surface area contributed by atoms with Crippen molar-refractivity contribution in [1.82, 2.24) is 0 Å². The van der Waals surface area contributed by atoms with Crippen molar-refractivity contribution in [3.63, 3.8) is 0 Å². The van der Waals surface area contributed by atoms with Crippen molar-refractivity contribution in [2.45, 2.75) is 56.8 Å². The fourth-order valence-corrected chi connectivity index (χ4v) is 11.2. The lowest BCUT2D eigenvalue weighted by molar-refractivity contribution is 0.229. The second-order valence-corrected chi connectivity index (χ2v) is 16.4. The van der Waals surface area contributed by atoms with Gasteiger partial charge in [-0.1, -0.05) is 105 Å². The lowest BCUT2D eigenvalue weighted by atomic mass is 9.66. The smallest absolute Gasteiger partial charge is 0.137 e. The van der Waals surface area contributed by atoms with E-state index < -0.39 is 0 Å². The summed E-state index contributed by atoms with van der Waals surface area (Å²) in [5.74, 6) is 2.81. The molecule has 2 nitrogen and oxygen atoms in total. The molecule has 6 aromatic carbocycles. The molecule has 5 aliphatic carbocycles. The molecular weight excluding hydrogens is 607 g/mol. The molecule has 5 aliphatic rings. The zero-order valence-corrected chi connectivity index (χ0v) is 28.8. The first-order chi connectivity index (χ1) is 24.4. The van der Waals surface area contributed by atoms with E-state index in [1.54, 1.807) is 0 Å². The van der Waals surface area contributed by atoms with Gasteiger partial charge in [0.05, 0.1) is 11.1 Å². The van der Waals surface area contributed by atoms with Gasteiger partial charge in [0.1, 0.15) is 11.2 Å². The molecule has 2 unspecified atom stereocenters. The number of anilines is 3. The van der Waals surface area contributed by atoms with Crippen LogP contribution in [0.3, 0.4) is 0 Å². The van der Waals surface area contributed by atoms with Crippen molar-refractivity contribution in [3.8, 4) is 22.3 Å². The Hall–Kier alpha value is -5.08. The molecule has 50 heavy (non-hydrogen) atoms. The van der Waals surface area contributed by atoms with E-state index in [2.05, 4.69) is 152 Å². The third-order valence-corrected chi connectivity index (χ3v) is 13.3. The number of hydrogen-bond donors (Lipinski definition) is 0. The van der Waals surface area contributed by atoms with Crippen molar-refractivity contribution in [3.05, 3.63) is 150 Å². The van der Waals surface area contributed by atoms with Gasteiger partial charge in [-0.3, -0.25) is 0 Å². The maximum atomic E-state index is 6.79. The van der Waals surface area contributed by atoms with E-state index in [4.69, 9.17) is 4.42 Å². The van der Waals surface area contributed by atoms with Crippen LogP contribution in [-0.2, 0) is 10.8 Å². The molecule has 0 spiro atoms. The van der Waals surface area contributed by atoms with Gasteiger partial charge < -0.3 is 9.32 Å². The average Bonchev–Trinajstić information content (AvgIpc) is 3.82. The van der Waals surface area contributed by atoms with Crippen LogP contribution in [0.25, 0.3) is 44.2 Å². The Morgan fingerprint density at radius 2 is 1.30 bits per heavy atom. The lowest BCUT2D eigenvalue weighted by Gasteiger charge is -2.39. The third-order valence-electron chi connectivity index (χ3n) is 13.3. The monoisotopic (exact) mass is 647 g/mol. The average molecular weight is 648 g/mol. The Labute approximate surface area is 294 Å². The Bertz CT molecular complexity index is 2450. The number of benzene rings is 6. The molecule has 0 radical (unpaired) electrons. The maximum absolute atomic E-state index is 6.79. The zero-order valence-electron chi connectivity index (χ0n) is 28.8. The van der Waals surface area contributed by atoms with Gasteiger partial charge in [-0.05, 0) is 137 Å². The highest BCUT2D eigenvalue weighted by molar-refractivity contribution is 6.13. The Morgan fingerprint density at radius 3 is 2.10 bits per heavy atom. The second kappa shape index (κ2) is 10.2. The topological polar surface area (TPSA) is 16.4 Å². The molecule has 0 aliphatic heterocycles. The molecule has 0 saturated heterocycles. The fourth-order valence-electron chi connectivity index (χ4n) is 11.2. The van der Waals surface area contributed by atoms with E-state index in [0.29, 0.717) is 5.41 Å².